The lowest BCUT2D eigenvalue weighted by Crippen LogP contribution is -2.20. The van der Waals surface area contributed by atoms with Crippen molar-refractivity contribution >= 4 is 0 Å². The molecule has 0 radical (unpaired) electrons. The van der Waals surface area contributed by atoms with Gasteiger partial charge in [0.1, 0.15) is 0 Å². The van der Waals surface area contributed by atoms with E-state index in [1.54, 1.807) is 0 Å². The summed E-state index contributed by atoms with van der Waals surface area (Å²) < 4.78 is 7.30. The highest BCUT2D eigenvalue weighted by Gasteiger charge is 2.14. The smallest absolute Gasteiger partial charge is 0.0964 e. The van der Waals surface area contributed by atoms with E-state index in [1.165, 1.54) is 0 Å². The second-order valence-corrected chi connectivity index (χ2v) is 4.27. The lowest BCUT2D eigenvalue weighted by molar-refractivity contribution is 0.0600. The van der Waals surface area contributed by atoms with Crippen molar-refractivity contribution in [1.82, 2.24) is 20.3 Å². The standard InChI is InChI=1S/C11H20N4O/c1-2-12-7-11-9-15(14-13-11)8-10-3-5-16-6-4-10/h9-10,12H,2-8H2,1H3. The molecule has 1 fully saturated rings. The van der Waals surface area contributed by atoms with Gasteiger partial charge in [-0.15, -0.1) is 5.10 Å². The number of ether oxygens (including phenoxy) is 1. The summed E-state index contributed by atoms with van der Waals surface area (Å²) in [6.45, 7) is 6.62. The van der Waals surface area contributed by atoms with Crippen molar-refractivity contribution in [2.45, 2.75) is 32.9 Å². The first-order chi connectivity index (χ1) is 7.88. The van der Waals surface area contributed by atoms with Crippen LogP contribution in [0.2, 0.25) is 0 Å². The summed E-state index contributed by atoms with van der Waals surface area (Å²) in [6.07, 6.45) is 4.32. The Bertz CT molecular complexity index is 307. The van der Waals surface area contributed by atoms with Crippen LogP contribution in [0.25, 0.3) is 0 Å². The first kappa shape index (κ1) is 11.5. The molecule has 0 saturated carbocycles. The van der Waals surface area contributed by atoms with Crippen LogP contribution in [0, 0.1) is 5.92 Å². The van der Waals surface area contributed by atoms with E-state index in [1.807, 2.05) is 10.9 Å². The maximum Gasteiger partial charge on any atom is 0.0964 e. The maximum atomic E-state index is 5.34. The molecule has 0 aliphatic carbocycles. The highest BCUT2D eigenvalue weighted by molar-refractivity contribution is 4.91. The fourth-order valence-corrected chi connectivity index (χ4v) is 1.96. The molecule has 5 nitrogen and oxygen atoms in total. The quantitative estimate of drug-likeness (QED) is 0.804. The molecule has 16 heavy (non-hydrogen) atoms. The van der Waals surface area contributed by atoms with Gasteiger partial charge in [-0.05, 0) is 25.3 Å². The van der Waals surface area contributed by atoms with Gasteiger partial charge in [0.15, 0.2) is 0 Å². The van der Waals surface area contributed by atoms with Gasteiger partial charge < -0.3 is 10.1 Å². The molecule has 0 aromatic carbocycles. The summed E-state index contributed by atoms with van der Waals surface area (Å²) in [5, 5.41) is 11.5. The van der Waals surface area contributed by atoms with Crippen LogP contribution < -0.4 is 5.32 Å². The number of hydrogen-bond acceptors (Lipinski definition) is 4. The summed E-state index contributed by atoms with van der Waals surface area (Å²) in [5.74, 6) is 0.697. The maximum absolute atomic E-state index is 5.34. The molecule has 2 rings (SSSR count). The number of aromatic nitrogens is 3. The van der Waals surface area contributed by atoms with Crippen molar-refractivity contribution < 1.29 is 4.74 Å². The molecule has 0 amide bonds. The molecule has 0 atom stereocenters. The fourth-order valence-electron chi connectivity index (χ4n) is 1.96. The highest BCUT2D eigenvalue weighted by atomic mass is 16.5. The zero-order chi connectivity index (χ0) is 11.2. The normalized spacial score (nSPS) is 17.8. The third kappa shape index (κ3) is 3.28. The third-order valence-electron chi connectivity index (χ3n) is 2.93. The van der Waals surface area contributed by atoms with Crippen LogP contribution >= 0.6 is 0 Å². The van der Waals surface area contributed by atoms with Crippen molar-refractivity contribution in [3.8, 4) is 0 Å². The highest BCUT2D eigenvalue weighted by Crippen LogP contribution is 2.16. The molecule has 5 heteroatoms. The average molecular weight is 224 g/mol. The minimum absolute atomic E-state index is 0.697. The second-order valence-electron chi connectivity index (χ2n) is 4.27. The summed E-state index contributed by atoms with van der Waals surface area (Å²) in [5.41, 5.74) is 1.02. The average Bonchev–Trinajstić information content (AvgIpc) is 2.75. The summed E-state index contributed by atoms with van der Waals surface area (Å²) >= 11 is 0. The molecule has 1 aromatic rings. The van der Waals surface area contributed by atoms with Crippen molar-refractivity contribution in [1.29, 1.82) is 0 Å². The predicted octanol–water partition coefficient (Wildman–Crippen LogP) is 0.814. The van der Waals surface area contributed by atoms with Crippen LogP contribution in [0.4, 0.5) is 0 Å². The number of rotatable bonds is 5. The van der Waals surface area contributed by atoms with Crippen LogP contribution in [0.5, 0.6) is 0 Å². The molecule has 0 unspecified atom stereocenters. The van der Waals surface area contributed by atoms with Gasteiger partial charge in [-0.1, -0.05) is 12.1 Å². The Morgan fingerprint density at radius 3 is 3.06 bits per heavy atom. The van der Waals surface area contributed by atoms with E-state index < -0.39 is 0 Å². The van der Waals surface area contributed by atoms with E-state index in [0.717, 1.165) is 51.4 Å². The number of hydrogen-bond donors (Lipinski definition) is 1. The monoisotopic (exact) mass is 224 g/mol. The molecule has 1 N–H and O–H groups in total. The Hall–Kier alpha value is -0.940. The zero-order valence-corrected chi connectivity index (χ0v) is 9.85. The number of nitrogens with zero attached hydrogens (tertiary/aromatic N) is 3. The van der Waals surface area contributed by atoms with Gasteiger partial charge in [-0.25, -0.2) is 0 Å². The van der Waals surface area contributed by atoms with E-state index in [2.05, 4.69) is 22.6 Å². The van der Waals surface area contributed by atoms with E-state index >= 15 is 0 Å². The largest absolute Gasteiger partial charge is 0.381 e. The SMILES string of the molecule is CCNCc1cn(CC2CCOCC2)nn1. The lowest BCUT2D eigenvalue weighted by Gasteiger charge is -2.21. The van der Waals surface area contributed by atoms with E-state index in [-0.39, 0.29) is 0 Å². The first-order valence-corrected chi connectivity index (χ1v) is 6.06. The van der Waals surface area contributed by atoms with Crippen molar-refractivity contribution in [3.05, 3.63) is 11.9 Å². The van der Waals surface area contributed by atoms with Crippen molar-refractivity contribution in [2.24, 2.45) is 5.92 Å². The van der Waals surface area contributed by atoms with Gasteiger partial charge >= 0.3 is 0 Å². The lowest BCUT2D eigenvalue weighted by atomic mass is 10.0. The number of nitrogens with one attached hydrogen (secondary N) is 1. The minimum Gasteiger partial charge on any atom is -0.381 e. The molecular weight excluding hydrogens is 204 g/mol. The van der Waals surface area contributed by atoms with Crippen molar-refractivity contribution in [2.75, 3.05) is 19.8 Å². The molecule has 1 aliphatic rings. The fraction of sp³-hybridized carbons (Fsp3) is 0.818. The van der Waals surface area contributed by atoms with E-state index in [0.29, 0.717) is 5.92 Å². The van der Waals surface area contributed by atoms with Gasteiger partial charge in [0, 0.05) is 32.5 Å². The Balaban J connectivity index is 1.81. The molecule has 1 aromatic heterocycles. The Labute approximate surface area is 96.2 Å². The van der Waals surface area contributed by atoms with Gasteiger partial charge in [0.2, 0.25) is 0 Å². The Morgan fingerprint density at radius 2 is 2.31 bits per heavy atom. The second kappa shape index (κ2) is 5.96. The summed E-state index contributed by atoms with van der Waals surface area (Å²) in [6, 6.07) is 0. The molecule has 1 saturated heterocycles. The van der Waals surface area contributed by atoms with Crippen LogP contribution in [0.1, 0.15) is 25.5 Å². The van der Waals surface area contributed by atoms with Gasteiger partial charge in [0.25, 0.3) is 0 Å². The van der Waals surface area contributed by atoms with E-state index in [4.69, 9.17) is 4.74 Å². The molecule has 1 aliphatic heterocycles. The van der Waals surface area contributed by atoms with Crippen LogP contribution in [-0.4, -0.2) is 34.8 Å². The molecular formula is C11H20N4O. The molecule has 0 spiro atoms. The summed E-state index contributed by atoms with van der Waals surface area (Å²) in [4.78, 5) is 0. The molecule has 90 valence electrons. The third-order valence-corrected chi connectivity index (χ3v) is 2.93. The van der Waals surface area contributed by atoms with Gasteiger partial charge in [-0.2, -0.15) is 0 Å². The Morgan fingerprint density at radius 1 is 1.50 bits per heavy atom. The predicted molar refractivity (Wildman–Crippen MR) is 60.9 cm³/mol. The molecule has 0 bridgehead atoms. The first-order valence-electron chi connectivity index (χ1n) is 6.06. The van der Waals surface area contributed by atoms with Crippen LogP contribution in [0.3, 0.4) is 0 Å². The topological polar surface area (TPSA) is 52.0 Å². The minimum atomic E-state index is 0.697. The zero-order valence-electron chi connectivity index (χ0n) is 9.85. The van der Waals surface area contributed by atoms with Crippen molar-refractivity contribution in [3.63, 3.8) is 0 Å². The Kier molecular flexibility index (Phi) is 4.30. The van der Waals surface area contributed by atoms with E-state index in [9.17, 15) is 0 Å². The summed E-state index contributed by atoms with van der Waals surface area (Å²) in [7, 11) is 0. The van der Waals surface area contributed by atoms with Crippen LogP contribution in [-0.2, 0) is 17.8 Å². The van der Waals surface area contributed by atoms with Gasteiger partial charge in [0.05, 0.1) is 5.69 Å². The van der Waals surface area contributed by atoms with Crippen LogP contribution in [0.15, 0.2) is 6.20 Å². The molecule has 2 heterocycles. The van der Waals surface area contributed by atoms with Gasteiger partial charge in [-0.3, -0.25) is 4.68 Å².